The van der Waals surface area contributed by atoms with Crippen LogP contribution in [0, 0.1) is 12.8 Å². The number of hydrogen-bond acceptors (Lipinski definition) is 7. The molecule has 1 saturated carbocycles. The molecular formula is C17H21N7O2. The molecule has 1 N–H and O–H groups in total. The monoisotopic (exact) mass is 355 g/mol. The highest BCUT2D eigenvalue weighted by molar-refractivity contribution is 5.75. The maximum absolute atomic E-state index is 12.6. The second-order valence-corrected chi connectivity index (χ2v) is 8.42. The van der Waals surface area contributed by atoms with Crippen LogP contribution >= 0.6 is 0 Å². The summed E-state index contributed by atoms with van der Waals surface area (Å²) in [5.41, 5.74) is -0.213. The predicted molar refractivity (Wildman–Crippen MR) is 93.9 cm³/mol. The van der Waals surface area contributed by atoms with E-state index in [1.54, 1.807) is 10.9 Å². The molecule has 9 heteroatoms. The number of aromatic amines is 1. The van der Waals surface area contributed by atoms with Crippen molar-refractivity contribution in [1.82, 2.24) is 29.9 Å². The molecule has 2 aliphatic heterocycles. The Morgan fingerprint density at radius 3 is 2.73 bits per heavy atom. The summed E-state index contributed by atoms with van der Waals surface area (Å²) in [7, 11) is 0. The predicted octanol–water partition coefficient (Wildman–Crippen LogP) is 1.69. The van der Waals surface area contributed by atoms with E-state index >= 15 is 0 Å². The Kier molecular flexibility index (Phi) is 2.82. The van der Waals surface area contributed by atoms with E-state index in [-0.39, 0.29) is 16.6 Å². The Balaban J connectivity index is 1.66. The van der Waals surface area contributed by atoms with E-state index in [2.05, 4.69) is 25.1 Å². The van der Waals surface area contributed by atoms with Gasteiger partial charge in [0.05, 0.1) is 11.7 Å². The average molecular weight is 355 g/mol. The summed E-state index contributed by atoms with van der Waals surface area (Å²) in [6, 6.07) is 0. The molecule has 0 aromatic carbocycles. The SMILES string of the molecule is Cc1noc(C23CC(CN2c2nc4c(cnn4C(C)(C)C)c(=O)[nH]2)C3)n1. The van der Waals surface area contributed by atoms with Crippen molar-refractivity contribution < 1.29 is 4.52 Å². The van der Waals surface area contributed by atoms with Gasteiger partial charge < -0.3 is 9.42 Å². The maximum atomic E-state index is 12.6. The highest BCUT2D eigenvalue weighted by Gasteiger charge is 2.61. The van der Waals surface area contributed by atoms with E-state index < -0.39 is 0 Å². The van der Waals surface area contributed by atoms with Gasteiger partial charge in [-0.2, -0.15) is 15.1 Å². The van der Waals surface area contributed by atoms with Crippen molar-refractivity contribution in [3.8, 4) is 0 Å². The number of nitrogens with one attached hydrogen (secondary N) is 1. The van der Waals surface area contributed by atoms with Gasteiger partial charge in [0.2, 0.25) is 5.95 Å². The van der Waals surface area contributed by atoms with E-state index in [4.69, 9.17) is 9.51 Å². The number of anilines is 1. The number of fused-ring (bicyclic) bond motifs is 2. The van der Waals surface area contributed by atoms with Crippen LogP contribution in [0.15, 0.2) is 15.5 Å². The van der Waals surface area contributed by atoms with Crippen molar-refractivity contribution in [3.63, 3.8) is 0 Å². The Labute approximate surface area is 149 Å². The van der Waals surface area contributed by atoms with E-state index in [0.717, 1.165) is 19.4 Å². The molecule has 3 fully saturated rings. The Morgan fingerprint density at radius 1 is 1.31 bits per heavy atom. The van der Waals surface area contributed by atoms with Crippen LogP contribution < -0.4 is 10.5 Å². The molecule has 3 aromatic rings. The van der Waals surface area contributed by atoms with Crippen molar-refractivity contribution in [1.29, 1.82) is 0 Å². The third kappa shape index (κ3) is 1.94. The summed E-state index contributed by atoms with van der Waals surface area (Å²) >= 11 is 0. The molecule has 0 radical (unpaired) electrons. The van der Waals surface area contributed by atoms with Gasteiger partial charge in [0, 0.05) is 6.54 Å². The first kappa shape index (κ1) is 15.5. The number of hydrogen-bond donors (Lipinski definition) is 1. The smallest absolute Gasteiger partial charge is 0.263 e. The van der Waals surface area contributed by atoms with Crippen molar-refractivity contribution >= 4 is 17.0 Å². The molecule has 2 bridgehead atoms. The highest BCUT2D eigenvalue weighted by Crippen LogP contribution is 2.57. The minimum atomic E-state index is -0.359. The topological polar surface area (TPSA) is 106 Å². The zero-order valence-corrected chi connectivity index (χ0v) is 15.3. The number of rotatable bonds is 2. The molecule has 0 unspecified atom stereocenters. The van der Waals surface area contributed by atoms with Gasteiger partial charge in [0.15, 0.2) is 11.5 Å². The molecular weight excluding hydrogens is 334 g/mol. The van der Waals surface area contributed by atoms with E-state index in [1.807, 2.05) is 27.7 Å². The summed E-state index contributed by atoms with van der Waals surface area (Å²) in [6.45, 7) is 8.75. The lowest BCUT2D eigenvalue weighted by Crippen LogP contribution is -2.44. The fourth-order valence-corrected chi connectivity index (χ4v) is 4.27. The first-order chi connectivity index (χ1) is 12.3. The largest absolute Gasteiger partial charge is 0.337 e. The lowest BCUT2D eigenvalue weighted by atomic mass is 9.73. The number of H-pyrrole nitrogens is 1. The molecule has 2 saturated heterocycles. The van der Waals surface area contributed by atoms with Crippen LogP contribution in [0.3, 0.4) is 0 Å². The number of aromatic nitrogens is 6. The van der Waals surface area contributed by atoms with Gasteiger partial charge >= 0.3 is 0 Å². The second-order valence-electron chi connectivity index (χ2n) is 8.42. The minimum absolute atomic E-state index is 0.179. The van der Waals surface area contributed by atoms with Crippen LogP contribution in [0.4, 0.5) is 5.95 Å². The molecule has 1 aliphatic carbocycles. The van der Waals surface area contributed by atoms with E-state index in [9.17, 15) is 4.79 Å². The van der Waals surface area contributed by atoms with Gasteiger partial charge in [0.1, 0.15) is 10.9 Å². The van der Waals surface area contributed by atoms with E-state index in [1.165, 1.54) is 0 Å². The van der Waals surface area contributed by atoms with Crippen LogP contribution in [0.5, 0.6) is 0 Å². The minimum Gasteiger partial charge on any atom is -0.337 e. The Hall–Kier alpha value is -2.71. The highest BCUT2D eigenvalue weighted by atomic mass is 16.5. The zero-order chi connectivity index (χ0) is 18.3. The van der Waals surface area contributed by atoms with Gasteiger partial charge in [-0.15, -0.1) is 0 Å². The quantitative estimate of drug-likeness (QED) is 0.745. The van der Waals surface area contributed by atoms with E-state index in [0.29, 0.717) is 34.6 Å². The van der Waals surface area contributed by atoms with Crippen molar-refractivity contribution in [3.05, 3.63) is 28.3 Å². The first-order valence-electron chi connectivity index (χ1n) is 8.85. The maximum Gasteiger partial charge on any atom is 0.263 e. The van der Waals surface area contributed by atoms with Crippen LogP contribution in [0.1, 0.15) is 45.3 Å². The zero-order valence-electron chi connectivity index (χ0n) is 15.3. The fourth-order valence-electron chi connectivity index (χ4n) is 4.27. The lowest BCUT2D eigenvalue weighted by molar-refractivity contribution is 0.181. The van der Waals surface area contributed by atoms with Gasteiger partial charge in [-0.25, -0.2) is 4.68 Å². The second kappa shape index (κ2) is 4.72. The third-order valence-electron chi connectivity index (χ3n) is 5.45. The molecule has 136 valence electrons. The molecule has 0 spiro atoms. The molecule has 0 atom stereocenters. The first-order valence-corrected chi connectivity index (χ1v) is 8.85. The van der Waals surface area contributed by atoms with Gasteiger partial charge in [0.25, 0.3) is 11.4 Å². The van der Waals surface area contributed by atoms with Crippen LogP contribution in [0.25, 0.3) is 11.0 Å². The fraction of sp³-hybridized carbons (Fsp3) is 0.588. The standard InChI is InChI=1S/C17H21N7O2/c1-9-19-14(26-22-9)17-5-10(6-17)8-23(17)15-20-12-11(13(25)21-15)7-18-24(12)16(2,3)4/h7,10H,5-6,8H2,1-4H3,(H,20,21,25). The van der Waals surface area contributed by atoms with Crippen molar-refractivity contribution in [2.75, 3.05) is 11.4 Å². The average Bonchev–Trinajstić information content (AvgIpc) is 3.25. The molecule has 5 heterocycles. The number of aryl methyl sites for hydroxylation is 1. The lowest BCUT2D eigenvalue weighted by Gasteiger charge is -2.38. The molecule has 9 nitrogen and oxygen atoms in total. The number of nitrogens with zero attached hydrogens (tertiary/aromatic N) is 6. The van der Waals surface area contributed by atoms with Gasteiger partial charge in [-0.1, -0.05) is 5.16 Å². The molecule has 3 aromatic heterocycles. The van der Waals surface area contributed by atoms with Crippen molar-refractivity contribution in [2.45, 2.75) is 51.6 Å². The van der Waals surface area contributed by atoms with Crippen LogP contribution in [0.2, 0.25) is 0 Å². The van der Waals surface area contributed by atoms with Crippen LogP contribution in [-0.4, -0.2) is 36.4 Å². The molecule has 26 heavy (non-hydrogen) atoms. The van der Waals surface area contributed by atoms with Gasteiger partial charge in [-0.05, 0) is 46.5 Å². The summed E-state index contributed by atoms with van der Waals surface area (Å²) in [5, 5.41) is 8.82. The third-order valence-corrected chi connectivity index (χ3v) is 5.45. The summed E-state index contributed by atoms with van der Waals surface area (Å²) < 4.78 is 7.28. The molecule has 0 amide bonds. The summed E-state index contributed by atoms with van der Waals surface area (Å²) in [4.78, 5) is 26.9. The van der Waals surface area contributed by atoms with Crippen molar-refractivity contribution in [2.24, 2.45) is 5.92 Å². The summed E-state index contributed by atoms with van der Waals surface area (Å²) in [5.74, 6) is 2.32. The Bertz CT molecular complexity index is 1060. The Morgan fingerprint density at radius 2 is 2.08 bits per heavy atom. The molecule has 6 rings (SSSR count). The normalized spacial score (nSPS) is 25.1. The summed E-state index contributed by atoms with van der Waals surface area (Å²) in [6.07, 6.45) is 3.46. The van der Waals surface area contributed by atoms with Gasteiger partial charge in [-0.3, -0.25) is 9.78 Å². The van der Waals surface area contributed by atoms with Crippen LogP contribution in [-0.2, 0) is 11.1 Å². The molecule has 3 aliphatic rings.